The van der Waals surface area contributed by atoms with E-state index >= 15 is 0 Å². The summed E-state index contributed by atoms with van der Waals surface area (Å²) in [7, 11) is 0. The zero-order valence-electron chi connectivity index (χ0n) is 13.2. The maximum Gasteiger partial charge on any atom is 0.261 e. The highest BCUT2D eigenvalue weighted by molar-refractivity contribution is 6.05. The summed E-state index contributed by atoms with van der Waals surface area (Å²) >= 11 is 0. The minimum absolute atomic E-state index is 0.254. The molecule has 1 N–H and O–H groups in total. The van der Waals surface area contributed by atoms with Crippen LogP contribution >= 0.6 is 0 Å². The number of amides is 1. The molecule has 7 heteroatoms. The molecule has 0 saturated heterocycles. The van der Waals surface area contributed by atoms with Gasteiger partial charge in [0.2, 0.25) is 5.88 Å². The molecule has 0 radical (unpaired) electrons. The summed E-state index contributed by atoms with van der Waals surface area (Å²) in [6.45, 7) is 2.93. The molecule has 0 aliphatic heterocycles. The van der Waals surface area contributed by atoms with Crippen LogP contribution in [0.3, 0.4) is 0 Å². The van der Waals surface area contributed by atoms with E-state index in [9.17, 15) is 4.79 Å². The monoisotopic (exact) mass is 323 g/mol. The van der Waals surface area contributed by atoms with Gasteiger partial charge in [0.1, 0.15) is 18.2 Å². The van der Waals surface area contributed by atoms with Crippen LogP contribution in [0.5, 0.6) is 5.88 Å². The van der Waals surface area contributed by atoms with Gasteiger partial charge < -0.3 is 10.1 Å². The van der Waals surface area contributed by atoms with E-state index in [2.05, 4.69) is 20.4 Å². The van der Waals surface area contributed by atoms with E-state index in [1.54, 1.807) is 29.3 Å². The number of nitrogens with zero attached hydrogens (tertiary/aromatic N) is 4. The maximum atomic E-state index is 12.4. The fourth-order valence-electron chi connectivity index (χ4n) is 2.21. The van der Waals surface area contributed by atoms with Gasteiger partial charge in [-0.05, 0) is 36.8 Å². The van der Waals surface area contributed by atoms with Crippen molar-refractivity contribution < 1.29 is 9.53 Å². The number of rotatable bonds is 6. The van der Waals surface area contributed by atoms with Gasteiger partial charge in [-0.15, -0.1) is 0 Å². The molecule has 2 aromatic heterocycles. The van der Waals surface area contributed by atoms with E-state index in [0.717, 1.165) is 5.56 Å². The first-order chi connectivity index (χ1) is 11.8. The zero-order valence-corrected chi connectivity index (χ0v) is 13.2. The van der Waals surface area contributed by atoms with Crippen LogP contribution < -0.4 is 10.1 Å². The fourth-order valence-corrected chi connectivity index (χ4v) is 2.21. The quantitative estimate of drug-likeness (QED) is 0.753. The summed E-state index contributed by atoms with van der Waals surface area (Å²) in [4.78, 5) is 20.4. The number of pyridine rings is 1. The summed E-state index contributed by atoms with van der Waals surface area (Å²) < 4.78 is 7.12. The first kappa shape index (κ1) is 15.7. The van der Waals surface area contributed by atoms with Crippen LogP contribution in [0.1, 0.15) is 22.8 Å². The second-order valence-electron chi connectivity index (χ2n) is 5.03. The van der Waals surface area contributed by atoms with Crippen molar-refractivity contribution in [2.45, 2.75) is 13.5 Å². The highest BCUT2D eigenvalue weighted by atomic mass is 16.5. The lowest BCUT2D eigenvalue weighted by Gasteiger charge is -2.10. The lowest BCUT2D eigenvalue weighted by Crippen LogP contribution is -2.14. The fraction of sp³-hybridized carbons (Fsp3) is 0.176. The molecule has 2 heterocycles. The number of carbonyl (C=O) groups excluding carboxylic acids is 1. The number of carbonyl (C=O) groups is 1. The van der Waals surface area contributed by atoms with Crippen LogP contribution in [0.25, 0.3) is 0 Å². The van der Waals surface area contributed by atoms with Gasteiger partial charge in [-0.25, -0.2) is 14.6 Å². The molecule has 0 aliphatic carbocycles. The molecular formula is C17H17N5O2. The Hall–Kier alpha value is -3.22. The van der Waals surface area contributed by atoms with Crippen molar-refractivity contribution in [2.75, 3.05) is 11.9 Å². The molecule has 7 nitrogen and oxygen atoms in total. The molecule has 1 aromatic carbocycles. The Labute approximate surface area is 139 Å². The average molecular weight is 323 g/mol. The molecule has 0 spiro atoms. The van der Waals surface area contributed by atoms with Gasteiger partial charge in [0.25, 0.3) is 5.91 Å². The first-order valence-electron chi connectivity index (χ1n) is 7.57. The summed E-state index contributed by atoms with van der Waals surface area (Å²) in [5, 5.41) is 6.91. The van der Waals surface area contributed by atoms with Gasteiger partial charge in [-0.2, -0.15) is 5.10 Å². The van der Waals surface area contributed by atoms with Gasteiger partial charge >= 0.3 is 0 Å². The summed E-state index contributed by atoms with van der Waals surface area (Å²) in [6, 6.07) is 11.0. The van der Waals surface area contributed by atoms with Crippen molar-refractivity contribution in [2.24, 2.45) is 0 Å². The minimum Gasteiger partial charge on any atom is -0.477 e. The number of ether oxygens (including phenoxy) is 1. The Morgan fingerprint density at radius 2 is 2.08 bits per heavy atom. The number of hydrogen-bond acceptors (Lipinski definition) is 5. The third-order valence-electron chi connectivity index (χ3n) is 3.32. The molecule has 0 bridgehead atoms. The van der Waals surface area contributed by atoms with Gasteiger partial charge in [0, 0.05) is 11.9 Å². The topological polar surface area (TPSA) is 81.9 Å². The van der Waals surface area contributed by atoms with Crippen molar-refractivity contribution in [3.8, 4) is 5.88 Å². The van der Waals surface area contributed by atoms with Crippen molar-refractivity contribution in [3.63, 3.8) is 0 Å². The Balaban J connectivity index is 1.68. The van der Waals surface area contributed by atoms with Crippen molar-refractivity contribution in [1.29, 1.82) is 0 Å². The van der Waals surface area contributed by atoms with Gasteiger partial charge in [0.05, 0.1) is 13.2 Å². The number of benzene rings is 1. The third kappa shape index (κ3) is 3.75. The number of hydrogen-bond donors (Lipinski definition) is 1. The average Bonchev–Trinajstić information content (AvgIpc) is 3.10. The predicted octanol–water partition coefficient (Wildman–Crippen LogP) is 2.37. The summed E-state index contributed by atoms with van der Waals surface area (Å²) in [5.41, 5.74) is 2.18. The van der Waals surface area contributed by atoms with Crippen LogP contribution in [0.2, 0.25) is 0 Å². The Morgan fingerprint density at radius 1 is 1.25 bits per heavy atom. The summed E-state index contributed by atoms with van der Waals surface area (Å²) in [6.07, 6.45) is 4.76. The molecule has 0 fully saturated rings. The third-order valence-corrected chi connectivity index (χ3v) is 3.32. The van der Waals surface area contributed by atoms with E-state index in [-0.39, 0.29) is 5.91 Å². The van der Waals surface area contributed by atoms with E-state index in [1.165, 1.54) is 6.33 Å². The zero-order chi connectivity index (χ0) is 16.8. The molecule has 0 atom stereocenters. The molecular weight excluding hydrogens is 306 g/mol. The summed E-state index contributed by atoms with van der Waals surface area (Å²) in [5.74, 6) is 0.0795. The lowest BCUT2D eigenvalue weighted by molar-refractivity contribution is 0.102. The van der Waals surface area contributed by atoms with E-state index in [0.29, 0.717) is 30.3 Å². The molecule has 122 valence electrons. The van der Waals surface area contributed by atoms with E-state index < -0.39 is 0 Å². The Bertz CT molecular complexity index is 800. The number of nitrogens with one attached hydrogen (secondary N) is 1. The maximum absolute atomic E-state index is 12.4. The second kappa shape index (κ2) is 7.36. The van der Waals surface area contributed by atoms with Gasteiger partial charge in [0.15, 0.2) is 0 Å². The van der Waals surface area contributed by atoms with Crippen LogP contribution in [0, 0.1) is 0 Å². The standard InChI is InChI=1S/C17H17N5O2/c1-2-24-17-15(4-3-9-19-17)16(23)21-14-7-5-13(6-8-14)10-22-12-18-11-20-22/h3-9,11-12H,2,10H2,1H3,(H,21,23). The van der Waals surface area contributed by atoms with Crippen molar-refractivity contribution in [1.82, 2.24) is 19.7 Å². The normalized spacial score (nSPS) is 10.4. The molecule has 3 aromatic rings. The predicted molar refractivity (Wildman–Crippen MR) is 88.9 cm³/mol. The largest absolute Gasteiger partial charge is 0.477 e. The minimum atomic E-state index is -0.254. The van der Waals surface area contributed by atoms with Crippen LogP contribution in [0.4, 0.5) is 5.69 Å². The van der Waals surface area contributed by atoms with Crippen LogP contribution in [0.15, 0.2) is 55.2 Å². The smallest absolute Gasteiger partial charge is 0.261 e. The Morgan fingerprint density at radius 3 is 2.79 bits per heavy atom. The molecule has 0 saturated carbocycles. The molecule has 24 heavy (non-hydrogen) atoms. The molecule has 3 rings (SSSR count). The molecule has 1 amide bonds. The second-order valence-corrected chi connectivity index (χ2v) is 5.03. The van der Waals surface area contributed by atoms with Gasteiger partial charge in [-0.1, -0.05) is 12.1 Å². The highest BCUT2D eigenvalue weighted by Crippen LogP contribution is 2.17. The van der Waals surface area contributed by atoms with E-state index in [1.807, 2.05) is 31.2 Å². The first-order valence-corrected chi connectivity index (χ1v) is 7.57. The number of aromatic nitrogens is 4. The highest BCUT2D eigenvalue weighted by Gasteiger charge is 2.13. The molecule has 0 unspecified atom stereocenters. The van der Waals surface area contributed by atoms with Crippen molar-refractivity contribution in [3.05, 3.63) is 66.4 Å². The number of anilines is 1. The lowest BCUT2D eigenvalue weighted by atomic mass is 10.2. The van der Waals surface area contributed by atoms with Crippen LogP contribution in [-0.4, -0.2) is 32.3 Å². The van der Waals surface area contributed by atoms with Crippen LogP contribution in [-0.2, 0) is 6.54 Å². The SMILES string of the molecule is CCOc1ncccc1C(=O)Nc1ccc(Cn2cncn2)cc1. The van der Waals surface area contributed by atoms with Crippen molar-refractivity contribution >= 4 is 11.6 Å². The Kier molecular flexibility index (Phi) is 4.81. The van der Waals surface area contributed by atoms with E-state index in [4.69, 9.17) is 4.74 Å². The van der Waals surface area contributed by atoms with Gasteiger partial charge in [-0.3, -0.25) is 4.79 Å². The molecule has 0 aliphatic rings.